The molecule has 0 radical (unpaired) electrons. The van der Waals surface area contributed by atoms with Gasteiger partial charge in [-0.15, -0.1) is 0 Å². The molecule has 1 unspecified atom stereocenters. The molecule has 2 heterocycles. The molecule has 0 spiro atoms. The van der Waals surface area contributed by atoms with Crippen LogP contribution in [0.1, 0.15) is 40.1 Å². The van der Waals surface area contributed by atoms with E-state index in [1.165, 1.54) is 6.20 Å². The van der Waals surface area contributed by atoms with E-state index in [0.29, 0.717) is 23.4 Å². The molecule has 0 aliphatic carbocycles. The van der Waals surface area contributed by atoms with Crippen LogP contribution in [-0.4, -0.2) is 26.8 Å². The van der Waals surface area contributed by atoms with Gasteiger partial charge in [0.15, 0.2) is 5.84 Å². The Morgan fingerprint density at radius 3 is 2.82 bits per heavy atom. The molecule has 22 heavy (non-hydrogen) atoms. The molecule has 1 aliphatic rings. The maximum absolute atomic E-state index is 12.6. The standard InChI is InChI=1S/C16H16N4O2/c1-10(11-5-3-2-4-6-11)20-9-14-13(16(20)21)7-12(8-18-14)15(17)19-22/h2-8,10,22H,9H2,1H3,(H2,17,19). The number of pyridine rings is 1. The zero-order chi connectivity index (χ0) is 15.7. The molecule has 3 rings (SSSR count). The van der Waals surface area contributed by atoms with E-state index in [1.807, 2.05) is 37.3 Å². The molecule has 6 heteroatoms. The minimum atomic E-state index is -0.0913. The second-order valence-corrected chi connectivity index (χ2v) is 5.22. The Morgan fingerprint density at radius 2 is 2.14 bits per heavy atom. The van der Waals surface area contributed by atoms with Gasteiger partial charge in [0, 0.05) is 11.8 Å². The van der Waals surface area contributed by atoms with Gasteiger partial charge < -0.3 is 15.8 Å². The fourth-order valence-corrected chi connectivity index (χ4v) is 2.61. The molecule has 0 fully saturated rings. The summed E-state index contributed by atoms with van der Waals surface area (Å²) in [5.41, 5.74) is 8.28. The highest BCUT2D eigenvalue weighted by molar-refractivity contribution is 6.02. The number of nitrogens with zero attached hydrogens (tertiary/aromatic N) is 3. The molecule has 1 aromatic carbocycles. The first-order valence-corrected chi connectivity index (χ1v) is 6.94. The van der Waals surface area contributed by atoms with Gasteiger partial charge in [-0.05, 0) is 18.6 Å². The largest absolute Gasteiger partial charge is 0.409 e. The lowest BCUT2D eigenvalue weighted by atomic mass is 10.1. The molecular formula is C16H16N4O2. The smallest absolute Gasteiger partial charge is 0.256 e. The van der Waals surface area contributed by atoms with E-state index in [4.69, 9.17) is 10.9 Å². The van der Waals surface area contributed by atoms with Crippen molar-refractivity contribution in [2.75, 3.05) is 0 Å². The van der Waals surface area contributed by atoms with Crippen LogP contribution >= 0.6 is 0 Å². The van der Waals surface area contributed by atoms with Crippen LogP contribution in [0.25, 0.3) is 0 Å². The predicted molar refractivity (Wildman–Crippen MR) is 81.5 cm³/mol. The second-order valence-electron chi connectivity index (χ2n) is 5.22. The van der Waals surface area contributed by atoms with Gasteiger partial charge in [-0.25, -0.2) is 0 Å². The zero-order valence-electron chi connectivity index (χ0n) is 12.1. The summed E-state index contributed by atoms with van der Waals surface area (Å²) in [6.07, 6.45) is 1.51. The molecule has 1 atom stereocenters. The maximum atomic E-state index is 12.6. The van der Waals surface area contributed by atoms with E-state index in [0.717, 1.165) is 5.56 Å². The van der Waals surface area contributed by atoms with Crippen molar-refractivity contribution in [1.29, 1.82) is 0 Å². The number of carbonyl (C=O) groups excluding carboxylic acids is 1. The van der Waals surface area contributed by atoms with Crippen LogP contribution in [0.2, 0.25) is 0 Å². The monoisotopic (exact) mass is 296 g/mol. The van der Waals surface area contributed by atoms with Crippen molar-refractivity contribution in [2.45, 2.75) is 19.5 Å². The summed E-state index contributed by atoms with van der Waals surface area (Å²) >= 11 is 0. The first-order valence-electron chi connectivity index (χ1n) is 6.94. The maximum Gasteiger partial charge on any atom is 0.256 e. The summed E-state index contributed by atoms with van der Waals surface area (Å²) in [6.45, 7) is 2.45. The van der Waals surface area contributed by atoms with E-state index < -0.39 is 0 Å². The summed E-state index contributed by atoms with van der Waals surface area (Å²) in [7, 11) is 0. The first-order chi connectivity index (χ1) is 10.6. The quantitative estimate of drug-likeness (QED) is 0.391. The number of oxime groups is 1. The van der Waals surface area contributed by atoms with Crippen LogP contribution in [0.4, 0.5) is 0 Å². The van der Waals surface area contributed by atoms with Crippen molar-refractivity contribution >= 4 is 11.7 Å². The molecule has 0 saturated carbocycles. The minimum Gasteiger partial charge on any atom is -0.409 e. The van der Waals surface area contributed by atoms with Gasteiger partial charge in [0.05, 0.1) is 23.8 Å². The van der Waals surface area contributed by atoms with Crippen molar-refractivity contribution in [2.24, 2.45) is 10.9 Å². The Bertz CT molecular complexity index is 743. The number of fused-ring (bicyclic) bond motifs is 1. The third-order valence-electron chi connectivity index (χ3n) is 3.93. The van der Waals surface area contributed by atoms with Gasteiger partial charge in [0.2, 0.25) is 0 Å². The Morgan fingerprint density at radius 1 is 1.41 bits per heavy atom. The van der Waals surface area contributed by atoms with Crippen LogP contribution in [0.15, 0.2) is 47.8 Å². The third kappa shape index (κ3) is 2.28. The van der Waals surface area contributed by atoms with Crippen LogP contribution in [0.3, 0.4) is 0 Å². The average Bonchev–Trinajstić information content (AvgIpc) is 2.90. The van der Waals surface area contributed by atoms with Gasteiger partial charge in [-0.1, -0.05) is 35.5 Å². The number of carbonyl (C=O) groups is 1. The second kappa shape index (κ2) is 5.48. The van der Waals surface area contributed by atoms with Gasteiger partial charge in [-0.2, -0.15) is 0 Å². The fraction of sp³-hybridized carbons (Fsp3) is 0.188. The van der Waals surface area contributed by atoms with E-state index >= 15 is 0 Å². The van der Waals surface area contributed by atoms with Gasteiger partial charge in [0.1, 0.15) is 0 Å². The van der Waals surface area contributed by atoms with Crippen molar-refractivity contribution in [1.82, 2.24) is 9.88 Å². The van der Waals surface area contributed by atoms with Crippen molar-refractivity contribution < 1.29 is 10.0 Å². The van der Waals surface area contributed by atoms with Crippen molar-refractivity contribution in [3.8, 4) is 0 Å². The van der Waals surface area contributed by atoms with E-state index in [1.54, 1.807) is 11.0 Å². The number of benzene rings is 1. The molecule has 1 aliphatic heterocycles. The summed E-state index contributed by atoms with van der Waals surface area (Å²) in [4.78, 5) is 18.7. The topological polar surface area (TPSA) is 91.8 Å². The molecule has 0 saturated heterocycles. The molecule has 112 valence electrons. The van der Waals surface area contributed by atoms with Crippen molar-refractivity contribution in [3.63, 3.8) is 0 Å². The highest BCUT2D eigenvalue weighted by Gasteiger charge is 2.32. The number of amidine groups is 1. The third-order valence-corrected chi connectivity index (χ3v) is 3.93. The lowest BCUT2D eigenvalue weighted by molar-refractivity contribution is 0.0715. The summed E-state index contributed by atoms with van der Waals surface area (Å²) < 4.78 is 0. The van der Waals surface area contributed by atoms with Gasteiger partial charge >= 0.3 is 0 Å². The number of nitrogens with two attached hydrogens (primary N) is 1. The average molecular weight is 296 g/mol. The summed E-state index contributed by atoms with van der Waals surface area (Å²) in [6, 6.07) is 11.4. The Kier molecular flexibility index (Phi) is 3.50. The molecule has 1 aromatic heterocycles. The normalized spacial score (nSPS) is 15.8. The SMILES string of the molecule is CC(c1ccccc1)N1Cc2ncc(/C(N)=N/O)cc2C1=O. The molecule has 3 N–H and O–H groups in total. The number of aromatic nitrogens is 1. The van der Waals surface area contributed by atoms with Crippen LogP contribution < -0.4 is 5.73 Å². The molecule has 2 aromatic rings. The minimum absolute atomic E-state index is 0.0461. The van der Waals surface area contributed by atoms with E-state index in [-0.39, 0.29) is 17.8 Å². The number of hydrogen-bond acceptors (Lipinski definition) is 4. The van der Waals surface area contributed by atoms with Crippen molar-refractivity contribution in [3.05, 3.63) is 65.0 Å². The molecule has 6 nitrogen and oxygen atoms in total. The van der Waals surface area contributed by atoms with Gasteiger partial charge in [-0.3, -0.25) is 9.78 Å². The van der Waals surface area contributed by atoms with Crippen LogP contribution in [-0.2, 0) is 6.54 Å². The lowest BCUT2D eigenvalue weighted by Crippen LogP contribution is -2.27. The van der Waals surface area contributed by atoms with E-state index in [9.17, 15) is 4.79 Å². The zero-order valence-corrected chi connectivity index (χ0v) is 12.1. The summed E-state index contributed by atoms with van der Waals surface area (Å²) in [5.74, 6) is -0.149. The van der Waals surface area contributed by atoms with Gasteiger partial charge in [0.25, 0.3) is 5.91 Å². The number of amides is 1. The predicted octanol–water partition coefficient (Wildman–Crippen LogP) is 1.89. The Labute approximate surface area is 127 Å². The van der Waals surface area contributed by atoms with E-state index in [2.05, 4.69) is 10.1 Å². The highest BCUT2D eigenvalue weighted by Crippen LogP contribution is 2.30. The first kappa shape index (κ1) is 14.1. The van der Waals surface area contributed by atoms with Crippen LogP contribution in [0.5, 0.6) is 0 Å². The summed E-state index contributed by atoms with van der Waals surface area (Å²) in [5, 5.41) is 11.7. The fourth-order valence-electron chi connectivity index (χ4n) is 2.61. The Balaban J connectivity index is 1.91. The molecular weight excluding hydrogens is 280 g/mol. The van der Waals surface area contributed by atoms with Crippen LogP contribution in [0, 0.1) is 0 Å². The number of rotatable bonds is 3. The molecule has 0 bridgehead atoms. The molecule has 1 amide bonds. The number of hydrogen-bond donors (Lipinski definition) is 2. The Hall–Kier alpha value is -2.89. The highest BCUT2D eigenvalue weighted by atomic mass is 16.4. The lowest BCUT2D eigenvalue weighted by Gasteiger charge is -2.24.